The van der Waals surface area contributed by atoms with Gasteiger partial charge in [0, 0.05) is 24.2 Å². The van der Waals surface area contributed by atoms with Crippen LogP contribution in [-0.2, 0) is 4.74 Å². The number of benzene rings is 1. The van der Waals surface area contributed by atoms with E-state index in [1.54, 1.807) is 11.3 Å². The number of carbonyl (C=O) groups is 1. The Bertz CT molecular complexity index is 615. The van der Waals surface area contributed by atoms with Crippen molar-refractivity contribution in [3.05, 3.63) is 52.0 Å². The summed E-state index contributed by atoms with van der Waals surface area (Å²) in [6, 6.07) is 9.57. The second-order valence-electron chi connectivity index (χ2n) is 5.24. The smallest absolute Gasteiger partial charge is 0.315 e. The molecule has 124 valence electrons. The highest BCUT2D eigenvalue weighted by atomic mass is 32.1. The Hall–Kier alpha value is -1.92. The SMILES string of the molecule is CCO[C@@H](CNC(=O)N[C@@H](C)c1ncc(C)s1)c1ccccc1. The van der Waals surface area contributed by atoms with Crippen LogP contribution >= 0.6 is 11.3 Å². The maximum atomic E-state index is 12.1. The number of nitrogens with zero attached hydrogens (tertiary/aromatic N) is 1. The van der Waals surface area contributed by atoms with Crippen molar-refractivity contribution in [2.75, 3.05) is 13.2 Å². The lowest BCUT2D eigenvalue weighted by Crippen LogP contribution is -2.39. The fourth-order valence-electron chi connectivity index (χ4n) is 2.21. The number of nitrogens with one attached hydrogen (secondary N) is 2. The molecule has 0 aliphatic carbocycles. The van der Waals surface area contributed by atoms with Crippen molar-refractivity contribution in [2.24, 2.45) is 0 Å². The topological polar surface area (TPSA) is 63.2 Å². The molecule has 0 unspecified atom stereocenters. The predicted molar refractivity (Wildman–Crippen MR) is 92.6 cm³/mol. The number of thiazole rings is 1. The maximum Gasteiger partial charge on any atom is 0.315 e. The molecule has 0 aliphatic rings. The molecule has 2 atom stereocenters. The average molecular weight is 333 g/mol. The van der Waals surface area contributed by atoms with Gasteiger partial charge in [-0.2, -0.15) is 0 Å². The summed E-state index contributed by atoms with van der Waals surface area (Å²) in [5, 5.41) is 6.68. The second-order valence-corrected chi connectivity index (χ2v) is 6.51. The number of rotatable bonds is 7. The van der Waals surface area contributed by atoms with E-state index < -0.39 is 0 Å². The number of urea groups is 1. The zero-order chi connectivity index (χ0) is 16.7. The number of aromatic nitrogens is 1. The van der Waals surface area contributed by atoms with Crippen LogP contribution in [0.3, 0.4) is 0 Å². The van der Waals surface area contributed by atoms with Gasteiger partial charge in [0.05, 0.1) is 12.1 Å². The van der Waals surface area contributed by atoms with Gasteiger partial charge in [-0.05, 0) is 26.3 Å². The van der Waals surface area contributed by atoms with Crippen LogP contribution in [0.2, 0.25) is 0 Å². The van der Waals surface area contributed by atoms with E-state index in [0.717, 1.165) is 15.4 Å². The van der Waals surface area contributed by atoms with E-state index in [-0.39, 0.29) is 18.2 Å². The van der Waals surface area contributed by atoms with Gasteiger partial charge < -0.3 is 15.4 Å². The van der Waals surface area contributed by atoms with Gasteiger partial charge in [-0.15, -0.1) is 11.3 Å². The van der Waals surface area contributed by atoms with Crippen molar-refractivity contribution in [1.82, 2.24) is 15.6 Å². The van der Waals surface area contributed by atoms with Gasteiger partial charge in [0.15, 0.2) is 0 Å². The van der Waals surface area contributed by atoms with Gasteiger partial charge in [0.2, 0.25) is 0 Å². The highest BCUT2D eigenvalue weighted by Crippen LogP contribution is 2.19. The van der Waals surface area contributed by atoms with Crippen LogP contribution in [0.4, 0.5) is 4.79 Å². The van der Waals surface area contributed by atoms with E-state index >= 15 is 0 Å². The Morgan fingerprint density at radius 2 is 2.09 bits per heavy atom. The average Bonchev–Trinajstić information content (AvgIpc) is 2.99. The highest BCUT2D eigenvalue weighted by Gasteiger charge is 2.15. The number of amides is 2. The largest absolute Gasteiger partial charge is 0.372 e. The number of hydrogen-bond acceptors (Lipinski definition) is 4. The third kappa shape index (κ3) is 5.33. The standard InChI is InChI=1S/C17H23N3O2S/c1-4-22-15(14-8-6-5-7-9-14)11-19-17(21)20-13(3)16-18-10-12(2)23-16/h5-10,13,15H,4,11H2,1-3H3,(H2,19,20,21)/t13-,15-/m0/s1. The summed E-state index contributed by atoms with van der Waals surface area (Å²) in [5.74, 6) is 0. The zero-order valence-electron chi connectivity index (χ0n) is 13.7. The van der Waals surface area contributed by atoms with E-state index in [2.05, 4.69) is 15.6 Å². The van der Waals surface area contributed by atoms with E-state index in [1.807, 2.05) is 57.3 Å². The summed E-state index contributed by atoms with van der Waals surface area (Å²) in [6.45, 7) is 6.89. The second kappa shape index (κ2) is 8.64. The summed E-state index contributed by atoms with van der Waals surface area (Å²) >= 11 is 1.59. The predicted octanol–water partition coefficient (Wildman–Crippen LogP) is 3.59. The summed E-state index contributed by atoms with van der Waals surface area (Å²) in [6.07, 6.45) is 1.67. The summed E-state index contributed by atoms with van der Waals surface area (Å²) in [7, 11) is 0. The lowest BCUT2D eigenvalue weighted by molar-refractivity contribution is 0.0639. The lowest BCUT2D eigenvalue weighted by Gasteiger charge is -2.19. The van der Waals surface area contributed by atoms with E-state index in [4.69, 9.17) is 4.74 Å². The first-order chi connectivity index (χ1) is 11.1. The molecule has 0 radical (unpaired) electrons. The molecule has 5 nitrogen and oxygen atoms in total. The molecule has 1 aromatic carbocycles. The highest BCUT2D eigenvalue weighted by molar-refractivity contribution is 7.11. The van der Waals surface area contributed by atoms with E-state index in [0.29, 0.717) is 13.2 Å². The van der Waals surface area contributed by atoms with Crippen LogP contribution in [0.15, 0.2) is 36.5 Å². The molecule has 0 saturated heterocycles. The summed E-state index contributed by atoms with van der Waals surface area (Å²) < 4.78 is 5.72. The van der Waals surface area contributed by atoms with Crippen LogP contribution in [0.25, 0.3) is 0 Å². The van der Waals surface area contributed by atoms with Gasteiger partial charge in [0.1, 0.15) is 5.01 Å². The Morgan fingerprint density at radius 3 is 2.70 bits per heavy atom. The monoisotopic (exact) mass is 333 g/mol. The van der Waals surface area contributed by atoms with Crippen LogP contribution < -0.4 is 10.6 Å². The first-order valence-electron chi connectivity index (χ1n) is 7.73. The Kier molecular flexibility index (Phi) is 6.55. The van der Waals surface area contributed by atoms with Crippen molar-refractivity contribution in [2.45, 2.75) is 32.9 Å². The maximum absolute atomic E-state index is 12.1. The van der Waals surface area contributed by atoms with Crippen LogP contribution in [0.5, 0.6) is 0 Å². The molecule has 0 aliphatic heterocycles. The zero-order valence-corrected chi connectivity index (χ0v) is 14.5. The van der Waals surface area contributed by atoms with Gasteiger partial charge in [-0.3, -0.25) is 0 Å². The van der Waals surface area contributed by atoms with Crippen LogP contribution in [0.1, 0.15) is 41.4 Å². The minimum Gasteiger partial charge on any atom is -0.372 e. The number of hydrogen-bond donors (Lipinski definition) is 2. The number of carbonyl (C=O) groups excluding carboxylic acids is 1. The third-order valence-corrected chi connectivity index (χ3v) is 4.44. The summed E-state index contributed by atoms with van der Waals surface area (Å²) in [5.41, 5.74) is 1.05. The minimum absolute atomic E-state index is 0.115. The molecular weight excluding hydrogens is 310 g/mol. The van der Waals surface area contributed by atoms with Crippen molar-refractivity contribution >= 4 is 17.4 Å². The fraction of sp³-hybridized carbons (Fsp3) is 0.412. The van der Waals surface area contributed by atoms with E-state index in [1.165, 1.54) is 0 Å². The molecule has 6 heteroatoms. The molecule has 0 fully saturated rings. The van der Waals surface area contributed by atoms with Crippen LogP contribution in [0, 0.1) is 6.92 Å². The first kappa shape index (κ1) is 17.4. The Morgan fingerprint density at radius 1 is 1.35 bits per heavy atom. The van der Waals surface area contributed by atoms with Crippen LogP contribution in [-0.4, -0.2) is 24.2 Å². The van der Waals surface area contributed by atoms with E-state index in [9.17, 15) is 4.79 Å². The molecular formula is C17H23N3O2S. The molecule has 2 rings (SSSR count). The van der Waals surface area contributed by atoms with Crippen molar-refractivity contribution < 1.29 is 9.53 Å². The minimum atomic E-state index is -0.217. The fourth-order valence-corrected chi connectivity index (χ4v) is 2.99. The Labute approximate surface area is 141 Å². The number of ether oxygens (including phenoxy) is 1. The van der Waals surface area contributed by atoms with Crippen molar-refractivity contribution in [3.63, 3.8) is 0 Å². The normalized spacial score (nSPS) is 13.3. The molecule has 0 bridgehead atoms. The molecule has 1 aromatic heterocycles. The third-order valence-electron chi connectivity index (χ3n) is 3.34. The molecule has 2 amide bonds. The quantitative estimate of drug-likeness (QED) is 0.814. The van der Waals surface area contributed by atoms with Gasteiger partial charge in [-0.25, -0.2) is 9.78 Å². The van der Waals surface area contributed by atoms with Gasteiger partial charge in [0.25, 0.3) is 0 Å². The molecule has 2 aromatic rings. The molecule has 23 heavy (non-hydrogen) atoms. The van der Waals surface area contributed by atoms with Crippen molar-refractivity contribution in [3.8, 4) is 0 Å². The summed E-state index contributed by atoms with van der Waals surface area (Å²) in [4.78, 5) is 17.5. The van der Waals surface area contributed by atoms with Crippen molar-refractivity contribution in [1.29, 1.82) is 0 Å². The molecule has 2 N–H and O–H groups in total. The first-order valence-corrected chi connectivity index (χ1v) is 8.55. The van der Waals surface area contributed by atoms with Gasteiger partial charge >= 0.3 is 6.03 Å². The Balaban J connectivity index is 1.86. The molecule has 0 spiro atoms. The van der Waals surface area contributed by atoms with Gasteiger partial charge in [-0.1, -0.05) is 30.3 Å². The number of aryl methyl sites for hydroxylation is 1. The molecule has 1 heterocycles. The molecule has 0 saturated carbocycles. The lowest BCUT2D eigenvalue weighted by atomic mass is 10.1.